The first kappa shape index (κ1) is 23.0. The van der Waals surface area contributed by atoms with Crippen molar-refractivity contribution in [1.29, 1.82) is 0 Å². The number of rotatable bonds is 5. The van der Waals surface area contributed by atoms with Crippen molar-refractivity contribution in [3.05, 3.63) is 45.9 Å². The number of nitrogens with zero attached hydrogens (tertiary/aromatic N) is 1. The normalized spacial score (nSPS) is 14.4. The number of halogens is 1. The fraction of sp³-hybridized carbons (Fsp3) is 0.474. The number of thiazole rings is 1. The molecule has 1 aromatic carbocycles. The van der Waals surface area contributed by atoms with Crippen LogP contribution in [0.5, 0.6) is 0 Å². The largest absolute Gasteiger partial charge is 0.598 e. The van der Waals surface area contributed by atoms with Crippen LogP contribution < -0.4 is 10.0 Å². The van der Waals surface area contributed by atoms with E-state index in [9.17, 15) is 9.35 Å². The fourth-order valence-electron chi connectivity index (χ4n) is 2.14. The van der Waals surface area contributed by atoms with Crippen LogP contribution >= 0.6 is 22.9 Å². The summed E-state index contributed by atoms with van der Waals surface area (Å²) >= 11 is 6.33. The van der Waals surface area contributed by atoms with Crippen molar-refractivity contribution in [2.24, 2.45) is 0 Å². The summed E-state index contributed by atoms with van der Waals surface area (Å²) in [6, 6.07) is 6.94. The minimum absolute atomic E-state index is 0.393. The first-order valence-corrected chi connectivity index (χ1v) is 11.1. The molecule has 0 fully saturated rings. The molecule has 0 saturated carbocycles. The highest BCUT2D eigenvalue weighted by molar-refractivity contribution is 7.90. The van der Waals surface area contributed by atoms with Gasteiger partial charge in [-0.1, -0.05) is 41.1 Å². The molecule has 0 aliphatic heterocycles. The number of benzene rings is 1. The van der Waals surface area contributed by atoms with Crippen molar-refractivity contribution in [3.63, 3.8) is 0 Å². The first-order valence-electron chi connectivity index (χ1n) is 8.75. The van der Waals surface area contributed by atoms with Gasteiger partial charge in [-0.05, 0) is 53.2 Å². The number of aromatic nitrogens is 1. The Labute approximate surface area is 178 Å². The summed E-state index contributed by atoms with van der Waals surface area (Å²) in [4.78, 5) is 17.0. The summed E-state index contributed by atoms with van der Waals surface area (Å²) in [6.07, 6.45) is 1.06. The molecule has 0 aliphatic carbocycles. The number of carbonyl (C=O) groups excluding carboxylic acids is 1. The highest BCUT2D eigenvalue weighted by Gasteiger charge is 2.32. The number of carbonyl (C=O) groups is 1. The van der Waals surface area contributed by atoms with Crippen LogP contribution in [0.3, 0.4) is 0 Å². The predicted octanol–water partition coefficient (Wildman–Crippen LogP) is 5.28. The van der Waals surface area contributed by atoms with Crippen LogP contribution in [0.15, 0.2) is 30.5 Å². The summed E-state index contributed by atoms with van der Waals surface area (Å²) < 4.78 is 20.7. The van der Waals surface area contributed by atoms with E-state index in [1.165, 1.54) is 11.3 Å². The summed E-state index contributed by atoms with van der Waals surface area (Å²) in [5, 5.41) is 3.58. The summed E-state index contributed by atoms with van der Waals surface area (Å²) in [5.74, 6) is 0. The van der Waals surface area contributed by atoms with E-state index < -0.39 is 33.8 Å². The zero-order chi connectivity index (χ0) is 21.1. The van der Waals surface area contributed by atoms with Crippen LogP contribution in [-0.2, 0) is 16.1 Å². The molecule has 0 bridgehead atoms. The summed E-state index contributed by atoms with van der Waals surface area (Å²) in [6.45, 7) is 11.0. The van der Waals surface area contributed by atoms with Crippen molar-refractivity contribution in [1.82, 2.24) is 9.71 Å². The number of ether oxygens (including phenoxy) is 1. The van der Waals surface area contributed by atoms with E-state index in [4.69, 9.17) is 16.3 Å². The Morgan fingerprint density at radius 1 is 1.25 bits per heavy atom. The van der Waals surface area contributed by atoms with E-state index in [0.29, 0.717) is 10.2 Å². The lowest BCUT2D eigenvalue weighted by molar-refractivity contribution is 0.0636. The SMILES string of the molecule is CC(C)(C)OC(=O)Nc1ncc(C(N[S@+]([O-])C(C)(C)C)c2ccccc2Cl)s1. The molecule has 9 heteroatoms. The van der Waals surface area contributed by atoms with Gasteiger partial charge in [0.1, 0.15) is 16.4 Å². The molecule has 2 atom stereocenters. The minimum Gasteiger partial charge on any atom is -0.598 e. The maximum Gasteiger partial charge on any atom is 0.413 e. The molecule has 1 aromatic heterocycles. The van der Waals surface area contributed by atoms with Gasteiger partial charge in [0, 0.05) is 22.6 Å². The Hall–Kier alpha value is -1.32. The third-order valence-electron chi connectivity index (χ3n) is 3.41. The number of nitrogens with one attached hydrogen (secondary N) is 2. The molecular formula is C19H26ClN3O3S2. The van der Waals surface area contributed by atoms with Crippen molar-refractivity contribution in [2.75, 3.05) is 5.32 Å². The van der Waals surface area contributed by atoms with Crippen LogP contribution in [0.4, 0.5) is 9.93 Å². The van der Waals surface area contributed by atoms with Gasteiger partial charge < -0.3 is 9.29 Å². The van der Waals surface area contributed by atoms with Gasteiger partial charge >= 0.3 is 6.09 Å². The van der Waals surface area contributed by atoms with Gasteiger partial charge in [-0.25, -0.2) is 9.78 Å². The third kappa shape index (κ3) is 6.63. The average molecular weight is 444 g/mol. The number of anilines is 1. The van der Waals surface area contributed by atoms with Gasteiger partial charge in [0.2, 0.25) is 0 Å². The predicted molar refractivity (Wildman–Crippen MR) is 116 cm³/mol. The second-order valence-electron chi connectivity index (χ2n) is 8.15. The highest BCUT2D eigenvalue weighted by Crippen LogP contribution is 2.34. The summed E-state index contributed by atoms with van der Waals surface area (Å²) in [7, 11) is 0. The van der Waals surface area contributed by atoms with Crippen molar-refractivity contribution in [2.45, 2.75) is 57.9 Å². The van der Waals surface area contributed by atoms with Gasteiger partial charge in [-0.15, -0.1) is 4.72 Å². The van der Waals surface area contributed by atoms with E-state index in [1.807, 2.05) is 39.0 Å². The molecule has 6 nitrogen and oxygen atoms in total. The zero-order valence-corrected chi connectivity index (χ0v) is 19.2. The van der Waals surface area contributed by atoms with Crippen LogP contribution in [0.1, 0.15) is 58.0 Å². The topological polar surface area (TPSA) is 86.3 Å². The van der Waals surface area contributed by atoms with Crippen LogP contribution in [0, 0.1) is 0 Å². The number of hydrogen-bond acceptors (Lipinski definition) is 6. The van der Waals surface area contributed by atoms with Gasteiger partial charge in [0.05, 0.1) is 4.88 Å². The maximum absolute atomic E-state index is 12.7. The summed E-state index contributed by atoms with van der Waals surface area (Å²) in [5.41, 5.74) is 0.185. The standard InChI is InChI=1S/C19H26ClN3O3S2/c1-18(2,3)26-17(24)22-16-21-11-14(27-16)15(23-28(25)19(4,5)6)12-9-7-8-10-13(12)20/h7-11,15,23H,1-6H3,(H,21,22,24)/t15?,28-/m1/s1. The Bertz CT molecular complexity index is 815. The molecule has 2 aromatic rings. The lowest BCUT2D eigenvalue weighted by Crippen LogP contribution is -2.41. The molecule has 2 rings (SSSR count). The van der Waals surface area contributed by atoms with E-state index in [2.05, 4.69) is 15.0 Å². The maximum atomic E-state index is 12.7. The van der Waals surface area contributed by atoms with E-state index >= 15 is 0 Å². The quantitative estimate of drug-likeness (QED) is 0.613. The number of hydrogen-bond donors (Lipinski definition) is 2. The Balaban J connectivity index is 2.28. The molecular weight excluding hydrogens is 418 g/mol. The van der Waals surface area contributed by atoms with Crippen molar-refractivity contribution in [3.8, 4) is 0 Å². The lowest BCUT2D eigenvalue weighted by Gasteiger charge is -2.28. The zero-order valence-electron chi connectivity index (χ0n) is 16.8. The van der Waals surface area contributed by atoms with Crippen molar-refractivity contribution >= 4 is 45.5 Å². The Kier molecular flexibility index (Phi) is 7.38. The monoisotopic (exact) mass is 443 g/mol. The van der Waals surface area contributed by atoms with Gasteiger partial charge in [0.25, 0.3) is 0 Å². The van der Waals surface area contributed by atoms with Gasteiger partial charge in [-0.2, -0.15) is 0 Å². The molecule has 1 heterocycles. The van der Waals surface area contributed by atoms with Crippen LogP contribution in [0.2, 0.25) is 5.02 Å². The van der Waals surface area contributed by atoms with E-state index in [-0.39, 0.29) is 0 Å². The van der Waals surface area contributed by atoms with Crippen molar-refractivity contribution < 1.29 is 14.1 Å². The lowest BCUT2D eigenvalue weighted by atomic mass is 10.1. The highest BCUT2D eigenvalue weighted by atomic mass is 35.5. The third-order valence-corrected chi connectivity index (χ3v) is 6.30. The Morgan fingerprint density at radius 2 is 1.89 bits per heavy atom. The van der Waals surface area contributed by atoms with E-state index in [1.54, 1.807) is 33.0 Å². The molecule has 154 valence electrons. The number of amides is 1. The van der Waals surface area contributed by atoms with Crippen LogP contribution in [0.25, 0.3) is 0 Å². The average Bonchev–Trinajstić information content (AvgIpc) is 2.98. The smallest absolute Gasteiger partial charge is 0.413 e. The fourth-order valence-corrected chi connectivity index (χ4v) is 4.15. The molecule has 1 amide bonds. The second kappa shape index (κ2) is 9.00. The molecule has 1 unspecified atom stereocenters. The molecule has 0 radical (unpaired) electrons. The molecule has 0 aliphatic rings. The minimum atomic E-state index is -1.33. The molecule has 0 saturated heterocycles. The Morgan fingerprint density at radius 3 is 2.46 bits per heavy atom. The molecule has 28 heavy (non-hydrogen) atoms. The molecule has 0 spiro atoms. The van der Waals surface area contributed by atoms with Gasteiger partial charge in [0.15, 0.2) is 5.13 Å². The van der Waals surface area contributed by atoms with Crippen LogP contribution in [-0.4, -0.2) is 26.0 Å². The first-order chi connectivity index (χ1) is 12.9. The van der Waals surface area contributed by atoms with E-state index in [0.717, 1.165) is 10.4 Å². The molecule has 2 N–H and O–H groups in total. The second-order valence-corrected chi connectivity index (χ2v) is 11.6. The van der Waals surface area contributed by atoms with Gasteiger partial charge in [-0.3, -0.25) is 5.32 Å².